The monoisotopic (exact) mass is 426 g/mol. The van der Waals surface area contributed by atoms with Crippen molar-refractivity contribution in [2.75, 3.05) is 0 Å². The highest BCUT2D eigenvalue weighted by Crippen LogP contribution is 2.29. The van der Waals surface area contributed by atoms with Gasteiger partial charge in [-0.1, -0.05) is 46.6 Å². The maximum atomic E-state index is 11.2. The molecule has 0 aliphatic carbocycles. The van der Waals surface area contributed by atoms with E-state index in [2.05, 4.69) is 45.9 Å². The average Bonchev–Trinajstić information content (AvgIpc) is 2.67. The summed E-state index contributed by atoms with van der Waals surface area (Å²) in [6.07, 6.45) is 15.5. The normalized spacial score (nSPS) is 12.7. The lowest BCUT2D eigenvalue weighted by atomic mass is 10.0. The lowest BCUT2D eigenvalue weighted by molar-refractivity contribution is 0.0693. The summed E-state index contributed by atoms with van der Waals surface area (Å²) in [5, 5.41) is 28.9. The summed E-state index contributed by atoms with van der Waals surface area (Å²) in [4.78, 5) is 11.2. The Morgan fingerprint density at radius 1 is 0.774 bits per heavy atom. The summed E-state index contributed by atoms with van der Waals surface area (Å²) in [5.41, 5.74) is 5.51. The lowest BCUT2D eigenvalue weighted by Gasteiger charge is -2.07. The van der Waals surface area contributed by atoms with Gasteiger partial charge in [0.1, 0.15) is 17.1 Å². The van der Waals surface area contributed by atoms with Gasteiger partial charge in [0.15, 0.2) is 0 Å². The third-order valence-corrected chi connectivity index (χ3v) is 5.23. The SMILES string of the molecule is CC(C)=CCC/C(C)=C/CC/C(C)=C/CC/C(C)=C/Cc1cc(O)cc(C(=O)O)c1O. The van der Waals surface area contributed by atoms with Gasteiger partial charge in [-0.3, -0.25) is 0 Å². The first-order chi connectivity index (χ1) is 14.6. The number of hydrogen-bond donors (Lipinski definition) is 3. The molecule has 0 fully saturated rings. The Balaban J connectivity index is 2.49. The Morgan fingerprint density at radius 3 is 1.74 bits per heavy atom. The highest BCUT2D eigenvalue weighted by atomic mass is 16.4. The number of allylic oxidation sites excluding steroid dienone is 8. The molecule has 1 rings (SSSR count). The van der Waals surface area contributed by atoms with Gasteiger partial charge in [-0.15, -0.1) is 0 Å². The van der Waals surface area contributed by atoms with Gasteiger partial charge in [0.2, 0.25) is 0 Å². The number of phenols is 2. The van der Waals surface area contributed by atoms with Crippen LogP contribution < -0.4 is 0 Å². The van der Waals surface area contributed by atoms with Crippen molar-refractivity contribution >= 4 is 5.97 Å². The van der Waals surface area contributed by atoms with Crippen LogP contribution in [0.25, 0.3) is 0 Å². The molecule has 0 aromatic heterocycles. The molecule has 0 aliphatic heterocycles. The molecule has 3 N–H and O–H groups in total. The molecule has 0 bridgehead atoms. The number of phenolic OH excluding ortho intramolecular Hbond substituents is 1. The molecule has 0 heterocycles. The van der Waals surface area contributed by atoms with Gasteiger partial charge in [-0.2, -0.15) is 0 Å². The van der Waals surface area contributed by atoms with Gasteiger partial charge in [0.05, 0.1) is 0 Å². The average molecular weight is 427 g/mol. The van der Waals surface area contributed by atoms with Crippen molar-refractivity contribution in [1.29, 1.82) is 0 Å². The van der Waals surface area contributed by atoms with Gasteiger partial charge >= 0.3 is 5.97 Å². The molecule has 0 saturated carbocycles. The Bertz CT molecular complexity index is 865. The topological polar surface area (TPSA) is 77.8 Å². The molecule has 4 nitrogen and oxygen atoms in total. The number of hydrogen-bond acceptors (Lipinski definition) is 3. The zero-order chi connectivity index (χ0) is 23.4. The molecule has 0 amide bonds. The number of rotatable bonds is 12. The number of carboxylic acid groups (broad SMARTS) is 1. The van der Waals surface area contributed by atoms with Gasteiger partial charge in [-0.25, -0.2) is 4.79 Å². The molecular formula is C27H38O4. The Labute approximate surface area is 187 Å². The van der Waals surface area contributed by atoms with E-state index in [0.717, 1.165) is 44.6 Å². The first kappa shape index (κ1) is 26.3. The zero-order valence-electron chi connectivity index (χ0n) is 19.7. The van der Waals surface area contributed by atoms with Gasteiger partial charge in [0, 0.05) is 5.56 Å². The third-order valence-electron chi connectivity index (χ3n) is 5.23. The second-order valence-electron chi connectivity index (χ2n) is 8.56. The molecular weight excluding hydrogens is 388 g/mol. The summed E-state index contributed by atoms with van der Waals surface area (Å²) in [6.45, 7) is 10.7. The third kappa shape index (κ3) is 10.7. The van der Waals surface area contributed by atoms with E-state index in [1.54, 1.807) is 0 Å². The van der Waals surface area contributed by atoms with E-state index in [-0.39, 0.29) is 17.1 Å². The fraction of sp³-hybridized carbons (Fsp3) is 0.444. The second kappa shape index (κ2) is 13.5. The van der Waals surface area contributed by atoms with E-state index in [1.807, 2.05) is 13.0 Å². The van der Waals surface area contributed by atoms with E-state index in [1.165, 1.54) is 28.4 Å². The van der Waals surface area contributed by atoms with Crippen molar-refractivity contribution in [3.05, 3.63) is 69.9 Å². The Morgan fingerprint density at radius 2 is 1.26 bits per heavy atom. The van der Waals surface area contributed by atoms with Crippen LogP contribution in [0.3, 0.4) is 0 Å². The second-order valence-corrected chi connectivity index (χ2v) is 8.56. The number of carboxylic acids is 1. The summed E-state index contributed by atoms with van der Waals surface area (Å²) < 4.78 is 0. The minimum absolute atomic E-state index is 0.156. The quantitative estimate of drug-likeness (QED) is 0.239. The van der Waals surface area contributed by atoms with Crippen LogP contribution in [0, 0.1) is 0 Å². The predicted molar refractivity (Wildman–Crippen MR) is 129 cm³/mol. The Kier molecular flexibility index (Phi) is 11.5. The molecule has 0 unspecified atom stereocenters. The van der Waals surface area contributed by atoms with Crippen LogP contribution in [-0.2, 0) is 6.42 Å². The van der Waals surface area contributed by atoms with E-state index in [4.69, 9.17) is 5.11 Å². The molecule has 4 heteroatoms. The van der Waals surface area contributed by atoms with Crippen molar-refractivity contribution in [3.8, 4) is 11.5 Å². The molecule has 31 heavy (non-hydrogen) atoms. The molecule has 0 aliphatic rings. The number of benzene rings is 1. The number of carbonyl (C=O) groups is 1. The largest absolute Gasteiger partial charge is 0.508 e. The Hall–Kier alpha value is -2.75. The summed E-state index contributed by atoms with van der Waals surface area (Å²) >= 11 is 0. The fourth-order valence-electron chi connectivity index (χ4n) is 3.27. The van der Waals surface area contributed by atoms with Crippen LogP contribution in [0.15, 0.2) is 58.7 Å². The van der Waals surface area contributed by atoms with Crippen LogP contribution >= 0.6 is 0 Å². The maximum Gasteiger partial charge on any atom is 0.339 e. The zero-order valence-corrected chi connectivity index (χ0v) is 19.7. The van der Waals surface area contributed by atoms with E-state index < -0.39 is 5.97 Å². The maximum absolute atomic E-state index is 11.2. The van der Waals surface area contributed by atoms with Crippen LogP contribution in [-0.4, -0.2) is 21.3 Å². The summed E-state index contributed by atoms with van der Waals surface area (Å²) in [7, 11) is 0. The van der Waals surface area contributed by atoms with Crippen molar-refractivity contribution in [1.82, 2.24) is 0 Å². The van der Waals surface area contributed by atoms with Gasteiger partial charge < -0.3 is 15.3 Å². The molecule has 1 aromatic carbocycles. The lowest BCUT2D eigenvalue weighted by Crippen LogP contribution is -1.99. The minimum Gasteiger partial charge on any atom is -0.508 e. The molecule has 0 atom stereocenters. The van der Waals surface area contributed by atoms with Crippen molar-refractivity contribution < 1.29 is 20.1 Å². The highest BCUT2D eigenvalue weighted by Gasteiger charge is 2.14. The minimum atomic E-state index is -1.26. The first-order valence-electron chi connectivity index (χ1n) is 11.0. The van der Waals surface area contributed by atoms with Crippen molar-refractivity contribution in [3.63, 3.8) is 0 Å². The van der Waals surface area contributed by atoms with Crippen LogP contribution in [0.5, 0.6) is 11.5 Å². The molecule has 0 saturated heterocycles. The molecule has 0 spiro atoms. The summed E-state index contributed by atoms with van der Waals surface area (Å²) in [5.74, 6) is -1.70. The van der Waals surface area contributed by atoms with Crippen LogP contribution in [0.4, 0.5) is 0 Å². The summed E-state index contributed by atoms with van der Waals surface area (Å²) in [6, 6.07) is 2.47. The molecule has 170 valence electrons. The molecule has 1 aromatic rings. The smallest absolute Gasteiger partial charge is 0.339 e. The van der Waals surface area contributed by atoms with E-state index in [0.29, 0.717) is 12.0 Å². The number of aromatic hydroxyl groups is 2. The van der Waals surface area contributed by atoms with Gasteiger partial charge in [0.25, 0.3) is 0 Å². The standard InChI is InChI=1S/C27H38O4/c1-19(2)9-6-10-20(3)11-7-12-21(4)13-8-14-22(5)15-16-23-17-24(28)18-25(26(23)29)27(30)31/h9,11,13,15,17-18,28-29H,6-8,10,12,14,16H2,1-5H3,(H,30,31)/b20-11+,21-13+,22-15+. The molecule has 0 radical (unpaired) electrons. The van der Waals surface area contributed by atoms with Gasteiger partial charge in [-0.05, 0) is 91.7 Å². The highest BCUT2D eigenvalue weighted by molar-refractivity contribution is 5.91. The fourth-order valence-corrected chi connectivity index (χ4v) is 3.27. The van der Waals surface area contributed by atoms with E-state index >= 15 is 0 Å². The number of aromatic carboxylic acids is 1. The van der Waals surface area contributed by atoms with Crippen molar-refractivity contribution in [2.45, 2.75) is 79.6 Å². The first-order valence-corrected chi connectivity index (χ1v) is 11.0. The van der Waals surface area contributed by atoms with Crippen molar-refractivity contribution in [2.24, 2.45) is 0 Å². The van der Waals surface area contributed by atoms with Crippen LogP contribution in [0.2, 0.25) is 0 Å². The predicted octanol–water partition coefficient (Wildman–Crippen LogP) is 7.48. The van der Waals surface area contributed by atoms with Crippen LogP contribution in [0.1, 0.15) is 89.1 Å². The van der Waals surface area contributed by atoms with E-state index in [9.17, 15) is 15.0 Å².